The minimum Gasteiger partial charge on any atom is -0.382 e. The van der Waals surface area contributed by atoms with Crippen LogP contribution in [0.25, 0.3) is 11.2 Å². The molecular weight excluding hydrogens is 232 g/mol. The quantitative estimate of drug-likeness (QED) is 0.331. The van der Waals surface area contributed by atoms with E-state index in [0.717, 1.165) is 5.65 Å². The summed E-state index contributed by atoms with van der Waals surface area (Å²) in [7, 11) is 0. The molecule has 6 N–H and O–H groups in total. The van der Waals surface area contributed by atoms with Gasteiger partial charge in [-0.25, -0.2) is 4.98 Å². The monoisotopic (exact) mass is 250 g/mol. The van der Waals surface area contributed by atoms with Gasteiger partial charge in [-0.3, -0.25) is 11.3 Å². The molecule has 18 heavy (non-hydrogen) atoms. The number of hydrogen-bond donors (Lipinski definition) is 4. The van der Waals surface area contributed by atoms with Crippen molar-refractivity contribution in [3.05, 3.63) is 6.33 Å². The summed E-state index contributed by atoms with van der Waals surface area (Å²) in [5.41, 5.74) is 9.78. The Balaban J connectivity index is 2.36. The lowest BCUT2D eigenvalue weighted by molar-refractivity contribution is 0.613. The Morgan fingerprint density at radius 1 is 1.33 bits per heavy atom. The second kappa shape index (κ2) is 5.15. The first-order valence-electron chi connectivity index (χ1n) is 5.81. The number of rotatable bonds is 5. The van der Waals surface area contributed by atoms with Crippen molar-refractivity contribution in [3.63, 3.8) is 0 Å². The molecule has 2 rings (SSSR count). The smallest absolute Gasteiger partial charge is 0.226 e. The molecule has 0 saturated carbocycles. The highest BCUT2D eigenvalue weighted by Crippen LogP contribution is 2.20. The summed E-state index contributed by atoms with van der Waals surface area (Å²) in [6.07, 6.45) is 1.73. The van der Waals surface area contributed by atoms with Gasteiger partial charge < -0.3 is 15.6 Å². The van der Waals surface area contributed by atoms with Crippen LogP contribution in [0.1, 0.15) is 19.9 Å². The number of nitrogen functional groups attached to an aromatic ring is 1. The van der Waals surface area contributed by atoms with E-state index in [-0.39, 0.29) is 6.04 Å². The lowest BCUT2D eigenvalue weighted by atomic mass is 10.4. The first-order valence-corrected chi connectivity index (χ1v) is 5.81. The number of nitrogens with two attached hydrogens (primary N) is 2. The number of nitrogens with zero attached hydrogens (tertiary/aromatic N) is 4. The van der Waals surface area contributed by atoms with Crippen molar-refractivity contribution in [3.8, 4) is 0 Å². The molecule has 98 valence electrons. The van der Waals surface area contributed by atoms with Crippen LogP contribution in [0.5, 0.6) is 0 Å². The summed E-state index contributed by atoms with van der Waals surface area (Å²) in [5, 5.41) is 3.05. The molecule has 0 saturated heterocycles. The zero-order valence-electron chi connectivity index (χ0n) is 10.5. The number of aromatic nitrogens is 4. The largest absolute Gasteiger partial charge is 0.382 e. The van der Waals surface area contributed by atoms with Crippen LogP contribution in [-0.4, -0.2) is 32.6 Å². The number of fused-ring (bicyclic) bond motifs is 1. The summed E-state index contributed by atoms with van der Waals surface area (Å²) in [6, 6.07) is 0.267. The van der Waals surface area contributed by atoms with E-state index in [2.05, 4.69) is 39.5 Å². The van der Waals surface area contributed by atoms with Gasteiger partial charge in [-0.05, 0) is 13.8 Å². The van der Waals surface area contributed by atoms with Crippen molar-refractivity contribution in [1.29, 1.82) is 0 Å². The lowest BCUT2D eigenvalue weighted by Gasteiger charge is -2.09. The molecule has 2 aromatic rings. The van der Waals surface area contributed by atoms with Crippen LogP contribution in [0.3, 0.4) is 0 Å². The van der Waals surface area contributed by atoms with Crippen LogP contribution in [0.2, 0.25) is 0 Å². The van der Waals surface area contributed by atoms with E-state index in [1.807, 2.05) is 4.57 Å². The standard InChI is InChI=1S/C10H18N8/c1-6(2)18-5-14-7-8(11)16-10(17-9(7)18)13-3-4-15-12/h5-6,15H,3-4,12H2,1-2H3,(H3,11,13,16,17). The van der Waals surface area contributed by atoms with Gasteiger partial charge in [0.05, 0.1) is 6.33 Å². The van der Waals surface area contributed by atoms with Crippen molar-refractivity contribution in [2.75, 3.05) is 24.1 Å². The van der Waals surface area contributed by atoms with E-state index < -0.39 is 0 Å². The topological polar surface area (TPSA) is 120 Å². The van der Waals surface area contributed by atoms with Crippen molar-refractivity contribution in [1.82, 2.24) is 24.9 Å². The fourth-order valence-corrected chi connectivity index (χ4v) is 1.64. The number of hydrazine groups is 1. The third kappa shape index (κ3) is 2.34. The number of anilines is 2. The highest BCUT2D eigenvalue weighted by molar-refractivity contribution is 5.82. The van der Waals surface area contributed by atoms with Crippen LogP contribution in [0, 0.1) is 0 Å². The maximum Gasteiger partial charge on any atom is 0.226 e. The van der Waals surface area contributed by atoms with Gasteiger partial charge in [0.1, 0.15) is 5.52 Å². The van der Waals surface area contributed by atoms with Gasteiger partial charge in [-0.1, -0.05) is 0 Å². The molecule has 8 nitrogen and oxygen atoms in total. The lowest BCUT2D eigenvalue weighted by Crippen LogP contribution is -2.28. The van der Waals surface area contributed by atoms with Crippen LogP contribution in [-0.2, 0) is 0 Å². The van der Waals surface area contributed by atoms with E-state index in [9.17, 15) is 0 Å². The Kier molecular flexibility index (Phi) is 3.58. The Morgan fingerprint density at radius 3 is 2.78 bits per heavy atom. The SMILES string of the molecule is CC(C)n1cnc2c(N)nc(NCCNN)nc21. The fraction of sp³-hybridized carbons (Fsp3) is 0.500. The molecule has 0 bridgehead atoms. The molecule has 0 aliphatic carbocycles. The van der Waals surface area contributed by atoms with Crippen molar-refractivity contribution in [2.24, 2.45) is 5.84 Å². The fourth-order valence-electron chi connectivity index (χ4n) is 1.64. The van der Waals surface area contributed by atoms with Crippen molar-refractivity contribution < 1.29 is 0 Å². The Bertz CT molecular complexity index is 532. The van der Waals surface area contributed by atoms with Gasteiger partial charge >= 0.3 is 0 Å². The number of nitrogens with one attached hydrogen (secondary N) is 2. The van der Waals surface area contributed by atoms with E-state index in [1.165, 1.54) is 0 Å². The molecule has 0 atom stereocenters. The average Bonchev–Trinajstić information content (AvgIpc) is 2.73. The zero-order chi connectivity index (χ0) is 13.1. The minimum atomic E-state index is 0.267. The Hall–Kier alpha value is -1.93. The highest BCUT2D eigenvalue weighted by Gasteiger charge is 2.12. The van der Waals surface area contributed by atoms with E-state index in [0.29, 0.717) is 30.4 Å². The summed E-state index contributed by atoms with van der Waals surface area (Å²) in [6.45, 7) is 5.36. The molecule has 0 aliphatic heterocycles. The summed E-state index contributed by atoms with van der Waals surface area (Å²) >= 11 is 0. The van der Waals surface area contributed by atoms with Gasteiger partial charge in [-0.15, -0.1) is 0 Å². The molecule has 0 aliphatic rings. The molecule has 0 unspecified atom stereocenters. The molecular formula is C10H18N8. The van der Waals surface area contributed by atoms with Crippen LogP contribution >= 0.6 is 0 Å². The second-order valence-electron chi connectivity index (χ2n) is 4.23. The first kappa shape index (κ1) is 12.5. The molecule has 0 amide bonds. The molecule has 8 heteroatoms. The van der Waals surface area contributed by atoms with Crippen LogP contribution in [0.4, 0.5) is 11.8 Å². The third-order valence-corrected chi connectivity index (χ3v) is 2.56. The summed E-state index contributed by atoms with van der Waals surface area (Å²) in [5.74, 6) is 6.05. The average molecular weight is 250 g/mol. The number of imidazole rings is 1. The number of hydrogen-bond acceptors (Lipinski definition) is 7. The molecule has 0 radical (unpaired) electrons. The van der Waals surface area contributed by atoms with Crippen LogP contribution < -0.4 is 22.3 Å². The van der Waals surface area contributed by atoms with Crippen LogP contribution in [0.15, 0.2) is 6.33 Å². The first-order chi connectivity index (χ1) is 8.63. The van der Waals surface area contributed by atoms with Gasteiger partial charge in [0.25, 0.3) is 0 Å². The third-order valence-electron chi connectivity index (χ3n) is 2.56. The minimum absolute atomic E-state index is 0.267. The Labute approximate surface area is 105 Å². The maximum absolute atomic E-state index is 5.87. The van der Waals surface area contributed by atoms with Crippen molar-refractivity contribution in [2.45, 2.75) is 19.9 Å². The van der Waals surface area contributed by atoms with Gasteiger partial charge in [-0.2, -0.15) is 9.97 Å². The van der Waals surface area contributed by atoms with E-state index in [4.69, 9.17) is 11.6 Å². The molecule has 2 aromatic heterocycles. The summed E-state index contributed by atoms with van der Waals surface area (Å²) in [4.78, 5) is 12.8. The predicted octanol–water partition coefficient (Wildman–Crippen LogP) is -0.135. The van der Waals surface area contributed by atoms with Gasteiger partial charge in [0.15, 0.2) is 11.5 Å². The van der Waals surface area contributed by atoms with Gasteiger partial charge in [0, 0.05) is 19.1 Å². The molecule has 0 spiro atoms. The molecule has 0 fully saturated rings. The van der Waals surface area contributed by atoms with Crippen molar-refractivity contribution >= 4 is 22.9 Å². The predicted molar refractivity (Wildman–Crippen MR) is 70.8 cm³/mol. The summed E-state index contributed by atoms with van der Waals surface area (Å²) < 4.78 is 1.96. The Morgan fingerprint density at radius 2 is 2.11 bits per heavy atom. The zero-order valence-corrected chi connectivity index (χ0v) is 10.5. The maximum atomic E-state index is 5.87. The normalized spacial score (nSPS) is 11.3. The van der Waals surface area contributed by atoms with E-state index >= 15 is 0 Å². The second-order valence-corrected chi connectivity index (χ2v) is 4.23. The molecule has 0 aromatic carbocycles. The van der Waals surface area contributed by atoms with Gasteiger partial charge in [0.2, 0.25) is 5.95 Å². The highest BCUT2D eigenvalue weighted by atomic mass is 15.2. The van der Waals surface area contributed by atoms with E-state index in [1.54, 1.807) is 6.33 Å². The molecule has 2 heterocycles.